The standard InChI is InChI=1S/C9H13NO/c1-4-5-10-7-9(11)6-8(2)3/h1,6,10H,5,7H2,2-3H3. The summed E-state index contributed by atoms with van der Waals surface area (Å²) < 4.78 is 0. The predicted octanol–water partition coefficient (Wildman–Crippen LogP) is 0.745. The molecule has 0 unspecified atom stereocenters. The predicted molar refractivity (Wildman–Crippen MR) is 46.1 cm³/mol. The average Bonchev–Trinajstić information content (AvgIpc) is 1.86. The summed E-state index contributed by atoms with van der Waals surface area (Å²) in [4.78, 5) is 10.9. The summed E-state index contributed by atoms with van der Waals surface area (Å²) >= 11 is 0. The molecular weight excluding hydrogens is 138 g/mol. The van der Waals surface area contributed by atoms with Gasteiger partial charge in [0.15, 0.2) is 5.78 Å². The first-order chi connectivity index (χ1) is 5.16. The molecule has 1 N–H and O–H groups in total. The van der Waals surface area contributed by atoms with Crippen molar-refractivity contribution < 1.29 is 4.79 Å². The molecular formula is C9H13NO. The molecule has 0 aliphatic heterocycles. The van der Waals surface area contributed by atoms with E-state index in [0.717, 1.165) is 5.57 Å². The van der Waals surface area contributed by atoms with E-state index in [9.17, 15) is 4.79 Å². The number of ketones is 1. The van der Waals surface area contributed by atoms with Crippen molar-refractivity contribution in [2.75, 3.05) is 13.1 Å². The number of allylic oxidation sites excluding steroid dienone is 1. The Bertz CT molecular complexity index is 194. The van der Waals surface area contributed by atoms with Gasteiger partial charge >= 0.3 is 0 Å². The van der Waals surface area contributed by atoms with E-state index in [1.807, 2.05) is 13.8 Å². The summed E-state index contributed by atoms with van der Waals surface area (Å²) in [6.07, 6.45) is 6.58. The normalized spacial score (nSPS) is 8.45. The zero-order valence-electron chi connectivity index (χ0n) is 6.98. The Hall–Kier alpha value is -1.07. The second-order valence-electron chi connectivity index (χ2n) is 2.50. The van der Waals surface area contributed by atoms with Crippen LogP contribution in [0.4, 0.5) is 0 Å². The van der Waals surface area contributed by atoms with Crippen LogP contribution in [0.3, 0.4) is 0 Å². The van der Waals surface area contributed by atoms with Gasteiger partial charge in [0.2, 0.25) is 0 Å². The number of hydrogen-bond acceptors (Lipinski definition) is 2. The van der Waals surface area contributed by atoms with Crippen molar-refractivity contribution in [3.05, 3.63) is 11.6 Å². The fraction of sp³-hybridized carbons (Fsp3) is 0.444. The van der Waals surface area contributed by atoms with E-state index < -0.39 is 0 Å². The highest BCUT2D eigenvalue weighted by atomic mass is 16.1. The van der Waals surface area contributed by atoms with Gasteiger partial charge in [0.05, 0.1) is 13.1 Å². The van der Waals surface area contributed by atoms with E-state index in [1.54, 1.807) is 6.08 Å². The van der Waals surface area contributed by atoms with Crippen LogP contribution in [0.5, 0.6) is 0 Å². The van der Waals surface area contributed by atoms with Crippen LogP contribution in [0.25, 0.3) is 0 Å². The molecule has 11 heavy (non-hydrogen) atoms. The van der Waals surface area contributed by atoms with Gasteiger partial charge < -0.3 is 0 Å². The van der Waals surface area contributed by atoms with Crippen molar-refractivity contribution in [1.82, 2.24) is 5.32 Å². The van der Waals surface area contributed by atoms with Crippen molar-refractivity contribution >= 4 is 5.78 Å². The Labute approximate surface area is 67.7 Å². The van der Waals surface area contributed by atoms with E-state index in [0.29, 0.717) is 13.1 Å². The maximum atomic E-state index is 10.9. The lowest BCUT2D eigenvalue weighted by atomic mass is 10.2. The Morgan fingerprint density at radius 2 is 2.27 bits per heavy atom. The lowest BCUT2D eigenvalue weighted by Crippen LogP contribution is -2.21. The Morgan fingerprint density at radius 1 is 1.64 bits per heavy atom. The SMILES string of the molecule is C#CCNCC(=O)C=C(C)C. The van der Waals surface area contributed by atoms with Gasteiger partial charge in [0.1, 0.15) is 0 Å². The lowest BCUT2D eigenvalue weighted by molar-refractivity contribution is -0.113. The molecule has 0 radical (unpaired) electrons. The second kappa shape index (κ2) is 5.70. The third-order valence-corrected chi connectivity index (χ3v) is 0.976. The van der Waals surface area contributed by atoms with Gasteiger partial charge in [-0.15, -0.1) is 6.42 Å². The van der Waals surface area contributed by atoms with Crippen LogP contribution >= 0.6 is 0 Å². The molecule has 2 heteroatoms. The molecule has 0 aromatic carbocycles. The number of carbonyl (C=O) groups is 1. The molecule has 0 saturated carbocycles. The van der Waals surface area contributed by atoms with Gasteiger partial charge in [0, 0.05) is 0 Å². The highest BCUT2D eigenvalue weighted by Crippen LogP contribution is 1.87. The molecule has 2 nitrogen and oxygen atoms in total. The maximum Gasteiger partial charge on any atom is 0.169 e. The minimum Gasteiger partial charge on any atom is -0.299 e. The van der Waals surface area contributed by atoms with Gasteiger partial charge in [-0.25, -0.2) is 0 Å². The smallest absolute Gasteiger partial charge is 0.169 e. The van der Waals surface area contributed by atoms with Crippen molar-refractivity contribution in [3.63, 3.8) is 0 Å². The van der Waals surface area contributed by atoms with Crippen LogP contribution < -0.4 is 5.32 Å². The van der Waals surface area contributed by atoms with Gasteiger partial charge in [0.25, 0.3) is 0 Å². The van der Waals surface area contributed by atoms with Gasteiger partial charge in [-0.2, -0.15) is 0 Å². The summed E-state index contributed by atoms with van der Waals surface area (Å²) in [5.74, 6) is 2.46. The Balaban J connectivity index is 3.56. The van der Waals surface area contributed by atoms with Gasteiger partial charge in [-0.05, 0) is 19.9 Å². The van der Waals surface area contributed by atoms with Gasteiger partial charge in [-0.3, -0.25) is 10.1 Å². The molecule has 60 valence electrons. The molecule has 0 heterocycles. The average molecular weight is 151 g/mol. The lowest BCUT2D eigenvalue weighted by Gasteiger charge is -1.95. The molecule has 0 aliphatic rings. The van der Waals surface area contributed by atoms with E-state index >= 15 is 0 Å². The molecule has 0 spiro atoms. The molecule has 0 aromatic heterocycles. The number of rotatable bonds is 4. The zero-order valence-corrected chi connectivity index (χ0v) is 6.98. The second-order valence-corrected chi connectivity index (χ2v) is 2.50. The van der Waals surface area contributed by atoms with Crippen molar-refractivity contribution in [3.8, 4) is 12.3 Å². The van der Waals surface area contributed by atoms with Crippen LogP contribution in [-0.4, -0.2) is 18.9 Å². The van der Waals surface area contributed by atoms with E-state index in [-0.39, 0.29) is 5.78 Å². The summed E-state index contributed by atoms with van der Waals surface area (Å²) in [5, 5.41) is 2.81. The Kier molecular flexibility index (Phi) is 5.14. The minimum absolute atomic E-state index is 0.0697. The number of hydrogen-bond donors (Lipinski definition) is 1. The molecule has 0 amide bonds. The minimum atomic E-state index is 0.0697. The molecule has 0 rings (SSSR count). The van der Waals surface area contributed by atoms with Crippen molar-refractivity contribution in [2.24, 2.45) is 0 Å². The van der Waals surface area contributed by atoms with Crippen molar-refractivity contribution in [1.29, 1.82) is 0 Å². The molecule has 0 aromatic rings. The molecule has 0 aliphatic carbocycles. The third kappa shape index (κ3) is 6.82. The highest BCUT2D eigenvalue weighted by molar-refractivity contribution is 5.91. The number of nitrogens with one attached hydrogen (secondary N) is 1. The number of carbonyl (C=O) groups excluding carboxylic acids is 1. The summed E-state index contributed by atoms with van der Waals surface area (Å²) in [6, 6.07) is 0. The topological polar surface area (TPSA) is 29.1 Å². The Morgan fingerprint density at radius 3 is 2.73 bits per heavy atom. The molecule has 0 fully saturated rings. The summed E-state index contributed by atoms with van der Waals surface area (Å²) in [5.41, 5.74) is 1.01. The fourth-order valence-electron chi connectivity index (χ4n) is 0.631. The molecule has 0 saturated heterocycles. The van der Waals surface area contributed by atoms with Crippen LogP contribution in [0, 0.1) is 12.3 Å². The van der Waals surface area contributed by atoms with Crippen LogP contribution in [0.15, 0.2) is 11.6 Å². The van der Waals surface area contributed by atoms with Crippen LogP contribution in [-0.2, 0) is 4.79 Å². The van der Waals surface area contributed by atoms with Gasteiger partial charge in [-0.1, -0.05) is 11.5 Å². The van der Waals surface area contributed by atoms with E-state index in [1.165, 1.54) is 0 Å². The first kappa shape index (κ1) is 9.93. The van der Waals surface area contributed by atoms with Crippen molar-refractivity contribution in [2.45, 2.75) is 13.8 Å². The summed E-state index contributed by atoms with van der Waals surface area (Å²) in [6.45, 7) is 4.55. The van der Waals surface area contributed by atoms with Crippen LogP contribution in [0.2, 0.25) is 0 Å². The van der Waals surface area contributed by atoms with E-state index in [4.69, 9.17) is 6.42 Å². The quantitative estimate of drug-likeness (QED) is 0.365. The zero-order chi connectivity index (χ0) is 8.69. The fourth-order valence-corrected chi connectivity index (χ4v) is 0.631. The first-order valence-corrected chi connectivity index (χ1v) is 3.48. The maximum absolute atomic E-state index is 10.9. The largest absolute Gasteiger partial charge is 0.299 e. The molecule has 0 atom stereocenters. The third-order valence-electron chi connectivity index (χ3n) is 0.976. The monoisotopic (exact) mass is 151 g/mol. The van der Waals surface area contributed by atoms with E-state index in [2.05, 4.69) is 11.2 Å². The first-order valence-electron chi connectivity index (χ1n) is 3.48. The number of terminal acetylenes is 1. The van der Waals surface area contributed by atoms with Crippen LogP contribution in [0.1, 0.15) is 13.8 Å². The molecule has 0 bridgehead atoms. The summed E-state index contributed by atoms with van der Waals surface area (Å²) in [7, 11) is 0. The highest BCUT2D eigenvalue weighted by Gasteiger charge is 1.93.